The Hall–Kier alpha value is -0.120. The van der Waals surface area contributed by atoms with E-state index in [-0.39, 0.29) is 12.4 Å². The Labute approximate surface area is 67.6 Å². The van der Waals surface area contributed by atoms with Crippen LogP contribution in [0.2, 0.25) is 0 Å². The summed E-state index contributed by atoms with van der Waals surface area (Å²) in [4.78, 5) is 0. The van der Waals surface area contributed by atoms with Crippen molar-refractivity contribution >= 4 is 0 Å². The van der Waals surface area contributed by atoms with E-state index < -0.39 is 0 Å². The number of ether oxygens (including phenoxy) is 3. The summed E-state index contributed by atoms with van der Waals surface area (Å²) in [6.45, 7) is 7.99. The molecule has 0 N–H and O–H groups in total. The Balaban J connectivity index is 1.94. The van der Waals surface area contributed by atoms with Crippen molar-refractivity contribution in [1.29, 1.82) is 0 Å². The highest BCUT2D eigenvalue weighted by atomic mass is 16.7. The lowest BCUT2D eigenvalue weighted by molar-refractivity contribution is -0.110. The molecular formula is C8H15O3. The van der Waals surface area contributed by atoms with Gasteiger partial charge < -0.3 is 14.2 Å². The molecule has 0 spiro atoms. The largest absolute Gasteiger partial charge is 0.367 e. The van der Waals surface area contributed by atoms with Crippen molar-refractivity contribution in [3.05, 3.63) is 6.61 Å². The first-order valence-corrected chi connectivity index (χ1v) is 3.94. The quantitative estimate of drug-likeness (QED) is 0.448. The molecule has 1 rings (SSSR count). The predicted molar refractivity (Wildman–Crippen MR) is 40.8 cm³/mol. The third kappa shape index (κ3) is 3.18. The predicted octanol–water partition coefficient (Wildman–Crippen LogP) is 1.33. The van der Waals surface area contributed by atoms with Crippen molar-refractivity contribution in [1.82, 2.24) is 0 Å². The normalized spacial score (nSPS) is 31.9. The molecule has 11 heavy (non-hydrogen) atoms. The van der Waals surface area contributed by atoms with Gasteiger partial charge in [0.25, 0.3) is 0 Å². The smallest absolute Gasteiger partial charge is 0.155 e. The van der Waals surface area contributed by atoms with Crippen LogP contribution in [0.15, 0.2) is 0 Å². The monoisotopic (exact) mass is 159 g/mol. The zero-order valence-electron chi connectivity index (χ0n) is 7.24. The van der Waals surface area contributed by atoms with Crippen LogP contribution in [0.5, 0.6) is 0 Å². The van der Waals surface area contributed by atoms with Crippen molar-refractivity contribution in [2.45, 2.75) is 39.3 Å². The molecule has 0 saturated carbocycles. The molecule has 1 aliphatic heterocycles. The Bertz CT molecular complexity index is 116. The van der Waals surface area contributed by atoms with Gasteiger partial charge in [-0.15, -0.1) is 0 Å². The third-order valence-corrected chi connectivity index (χ3v) is 1.66. The number of epoxide rings is 1. The Morgan fingerprint density at radius 2 is 2.27 bits per heavy atom. The van der Waals surface area contributed by atoms with E-state index in [9.17, 15) is 0 Å². The second kappa shape index (κ2) is 4.04. The zero-order valence-corrected chi connectivity index (χ0v) is 7.24. The molecule has 3 atom stereocenters. The highest BCUT2D eigenvalue weighted by molar-refractivity contribution is 4.79. The van der Waals surface area contributed by atoms with E-state index in [4.69, 9.17) is 14.2 Å². The second-order valence-electron chi connectivity index (χ2n) is 2.65. The average Bonchev–Trinajstić information content (AvgIpc) is 2.63. The van der Waals surface area contributed by atoms with Gasteiger partial charge in [0.05, 0.1) is 19.3 Å². The Morgan fingerprint density at radius 3 is 2.73 bits per heavy atom. The van der Waals surface area contributed by atoms with Crippen LogP contribution in [-0.2, 0) is 14.2 Å². The van der Waals surface area contributed by atoms with Crippen molar-refractivity contribution in [3.63, 3.8) is 0 Å². The van der Waals surface area contributed by atoms with E-state index >= 15 is 0 Å². The second-order valence-corrected chi connectivity index (χ2v) is 2.65. The maximum atomic E-state index is 5.30. The van der Waals surface area contributed by atoms with Crippen LogP contribution in [-0.4, -0.2) is 25.1 Å². The van der Waals surface area contributed by atoms with E-state index in [1.54, 1.807) is 6.61 Å². The molecule has 3 unspecified atom stereocenters. The van der Waals surface area contributed by atoms with Crippen LogP contribution < -0.4 is 0 Å². The molecule has 0 aromatic rings. The maximum absolute atomic E-state index is 5.30. The first-order valence-electron chi connectivity index (χ1n) is 3.94. The Morgan fingerprint density at radius 1 is 1.64 bits per heavy atom. The van der Waals surface area contributed by atoms with Crippen LogP contribution >= 0.6 is 0 Å². The molecule has 3 heteroatoms. The van der Waals surface area contributed by atoms with Gasteiger partial charge in [0.1, 0.15) is 6.10 Å². The fourth-order valence-electron chi connectivity index (χ4n) is 0.866. The fourth-order valence-corrected chi connectivity index (χ4v) is 0.866. The van der Waals surface area contributed by atoms with Gasteiger partial charge in [-0.05, 0) is 20.8 Å². The maximum Gasteiger partial charge on any atom is 0.155 e. The summed E-state index contributed by atoms with van der Waals surface area (Å²) in [6, 6.07) is 0. The van der Waals surface area contributed by atoms with E-state index in [0.29, 0.717) is 12.7 Å². The summed E-state index contributed by atoms with van der Waals surface area (Å²) < 4.78 is 15.5. The summed E-state index contributed by atoms with van der Waals surface area (Å²) in [5.74, 6) is 0. The Kier molecular flexibility index (Phi) is 3.30. The SMILES string of the molecule is C[CH]OC(C)OCC1OC1C. The highest BCUT2D eigenvalue weighted by Crippen LogP contribution is 2.21. The molecule has 0 aromatic heterocycles. The van der Waals surface area contributed by atoms with Gasteiger partial charge in [0.15, 0.2) is 6.29 Å². The minimum atomic E-state index is -0.156. The van der Waals surface area contributed by atoms with Gasteiger partial charge >= 0.3 is 0 Å². The topological polar surface area (TPSA) is 31.0 Å². The lowest BCUT2D eigenvalue weighted by Crippen LogP contribution is -2.15. The number of hydrogen-bond donors (Lipinski definition) is 0. The highest BCUT2D eigenvalue weighted by Gasteiger charge is 2.34. The van der Waals surface area contributed by atoms with Gasteiger partial charge in [0, 0.05) is 0 Å². The fraction of sp³-hybridized carbons (Fsp3) is 0.875. The van der Waals surface area contributed by atoms with Crippen molar-refractivity contribution < 1.29 is 14.2 Å². The summed E-state index contributed by atoms with van der Waals surface area (Å²) in [5, 5.41) is 0. The molecule has 1 saturated heterocycles. The molecule has 1 heterocycles. The minimum absolute atomic E-state index is 0.156. The molecule has 0 amide bonds. The average molecular weight is 159 g/mol. The van der Waals surface area contributed by atoms with E-state index in [1.807, 2.05) is 20.8 Å². The summed E-state index contributed by atoms with van der Waals surface area (Å²) >= 11 is 0. The minimum Gasteiger partial charge on any atom is -0.367 e. The van der Waals surface area contributed by atoms with Crippen LogP contribution in [0, 0.1) is 6.61 Å². The van der Waals surface area contributed by atoms with Crippen molar-refractivity contribution in [2.24, 2.45) is 0 Å². The number of hydrogen-bond acceptors (Lipinski definition) is 3. The van der Waals surface area contributed by atoms with Crippen molar-refractivity contribution in [3.8, 4) is 0 Å². The van der Waals surface area contributed by atoms with Crippen molar-refractivity contribution in [2.75, 3.05) is 6.61 Å². The summed E-state index contributed by atoms with van der Waals surface area (Å²) in [6.07, 6.45) is 0.502. The summed E-state index contributed by atoms with van der Waals surface area (Å²) in [7, 11) is 0. The molecule has 0 bridgehead atoms. The van der Waals surface area contributed by atoms with Gasteiger partial charge in [-0.1, -0.05) is 0 Å². The van der Waals surface area contributed by atoms with Gasteiger partial charge in [-0.3, -0.25) is 0 Å². The zero-order chi connectivity index (χ0) is 8.27. The van der Waals surface area contributed by atoms with Gasteiger partial charge in [-0.25, -0.2) is 0 Å². The third-order valence-electron chi connectivity index (χ3n) is 1.66. The molecular weight excluding hydrogens is 144 g/mol. The molecule has 3 nitrogen and oxygen atoms in total. The van der Waals surface area contributed by atoms with Gasteiger partial charge in [-0.2, -0.15) is 0 Å². The van der Waals surface area contributed by atoms with Crippen LogP contribution in [0.3, 0.4) is 0 Å². The molecule has 0 aromatic carbocycles. The van der Waals surface area contributed by atoms with E-state index in [1.165, 1.54) is 0 Å². The van der Waals surface area contributed by atoms with E-state index in [0.717, 1.165) is 0 Å². The van der Waals surface area contributed by atoms with E-state index in [2.05, 4.69) is 0 Å². The number of rotatable bonds is 5. The van der Waals surface area contributed by atoms with Crippen LogP contribution in [0.1, 0.15) is 20.8 Å². The molecule has 1 fully saturated rings. The summed E-state index contributed by atoms with van der Waals surface area (Å²) in [5.41, 5.74) is 0. The lowest BCUT2D eigenvalue weighted by atomic mass is 10.4. The van der Waals surface area contributed by atoms with Crippen LogP contribution in [0.4, 0.5) is 0 Å². The van der Waals surface area contributed by atoms with Crippen LogP contribution in [0.25, 0.3) is 0 Å². The van der Waals surface area contributed by atoms with Gasteiger partial charge in [0.2, 0.25) is 0 Å². The molecule has 1 radical (unpaired) electrons. The standard InChI is InChI=1S/C8H15O3/c1-4-9-7(3)10-5-8-6(2)11-8/h4,6-8H,5H2,1-3H3. The first-order chi connectivity index (χ1) is 5.24. The first kappa shape index (κ1) is 8.97. The molecule has 65 valence electrons. The lowest BCUT2D eigenvalue weighted by Gasteiger charge is -2.10. The molecule has 1 aliphatic rings. The molecule has 0 aliphatic carbocycles.